The summed E-state index contributed by atoms with van der Waals surface area (Å²) in [5, 5.41) is 1.19. The number of nitrogens with one attached hydrogen (secondary N) is 1. The van der Waals surface area contributed by atoms with Gasteiger partial charge in [-0.25, -0.2) is 0 Å². The lowest BCUT2D eigenvalue weighted by Gasteiger charge is -2.40. The number of rotatable bonds is 3. The van der Waals surface area contributed by atoms with Crippen LogP contribution in [0.2, 0.25) is 0 Å². The fourth-order valence-corrected chi connectivity index (χ4v) is 4.11. The summed E-state index contributed by atoms with van der Waals surface area (Å²) in [5.74, 6) is 0. The van der Waals surface area contributed by atoms with Crippen LogP contribution in [0, 0.1) is 6.07 Å². The number of aromatic nitrogens is 1. The zero-order chi connectivity index (χ0) is 14.8. The van der Waals surface area contributed by atoms with E-state index in [4.69, 9.17) is 0 Å². The van der Waals surface area contributed by atoms with Crippen LogP contribution in [0.5, 0.6) is 0 Å². The van der Waals surface area contributed by atoms with Crippen molar-refractivity contribution in [3.63, 3.8) is 0 Å². The number of nitrogens with zero attached hydrogens (tertiary/aromatic N) is 2. The van der Waals surface area contributed by atoms with Gasteiger partial charge in [0.25, 0.3) is 0 Å². The molecule has 2 saturated heterocycles. The highest BCUT2D eigenvalue weighted by Crippen LogP contribution is 2.22. The molecule has 0 atom stereocenters. The maximum Gasteiger partial charge on any atom is 0.0463 e. The zero-order valence-corrected chi connectivity index (χ0v) is 13.4. The number of piperidine rings is 2. The summed E-state index contributed by atoms with van der Waals surface area (Å²) in [6.45, 7) is 6.25. The van der Waals surface area contributed by atoms with Crippen LogP contribution in [-0.2, 0) is 6.54 Å². The topological polar surface area (TPSA) is 22.3 Å². The van der Waals surface area contributed by atoms with Crippen LogP contribution in [0.15, 0.2) is 24.4 Å². The average Bonchev–Trinajstić information content (AvgIpc) is 3.04. The van der Waals surface area contributed by atoms with Gasteiger partial charge >= 0.3 is 0 Å². The molecule has 0 spiro atoms. The second-order valence-electron chi connectivity index (χ2n) is 6.92. The number of H-pyrrole nitrogens is 1. The van der Waals surface area contributed by atoms with Crippen LogP contribution in [0.25, 0.3) is 10.9 Å². The Balaban J connectivity index is 1.33. The van der Waals surface area contributed by atoms with Crippen molar-refractivity contribution in [2.45, 2.75) is 44.7 Å². The van der Waals surface area contributed by atoms with E-state index >= 15 is 0 Å². The summed E-state index contributed by atoms with van der Waals surface area (Å²) in [4.78, 5) is 8.64. The van der Waals surface area contributed by atoms with Crippen molar-refractivity contribution in [1.82, 2.24) is 14.8 Å². The molecule has 3 heteroatoms. The molecule has 1 radical (unpaired) electrons. The highest BCUT2D eigenvalue weighted by molar-refractivity contribution is 5.79. The Morgan fingerprint density at radius 1 is 1.05 bits per heavy atom. The Bertz CT molecular complexity index is 604. The van der Waals surface area contributed by atoms with Crippen molar-refractivity contribution in [2.24, 2.45) is 0 Å². The number of likely N-dealkylation sites (tertiary alicyclic amines) is 2. The van der Waals surface area contributed by atoms with Crippen molar-refractivity contribution in [3.05, 3.63) is 36.0 Å². The highest BCUT2D eigenvalue weighted by atomic mass is 15.2. The van der Waals surface area contributed by atoms with Gasteiger partial charge in [-0.2, -0.15) is 0 Å². The van der Waals surface area contributed by atoms with Crippen molar-refractivity contribution in [2.75, 3.05) is 26.2 Å². The monoisotopic (exact) mass is 296 g/mol. The van der Waals surface area contributed by atoms with Crippen molar-refractivity contribution in [1.29, 1.82) is 0 Å². The lowest BCUT2D eigenvalue weighted by molar-refractivity contribution is 0.0897. The first kappa shape index (κ1) is 14.3. The molecule has 22 heavy (non-hydrogen) atoms. The molecule has 3 nitrogen and oxygen atoms in total. The van der Waals surface area contributed by atoms with Gasteiger partial charge in [0.2, 0.25) is 0 Å². The summed E-state index contributed by atoms with van der Waals surface area (Å²) in [6, 6.07) is 10.8. The number of benzene rings is 1. The average molecular weight is 296 g/mol. The Kier molecular flexibility index (Phi) is 4.17. The van der Waals surface area contributed by atoms with Crippen molar-refractivity contribution in [3.8, 4) is 0 Å². The minimum Gasteiger partial charge on any atom is -0.361 e. The molecule has 1 aromatic heterocycles. The first-order chi connectivity index (χ1) is 10.9. The second-order valence-corrected chi connectivity index (χ2v) is 6.92. The minimum atomic E-state index is 0.844. The predicted octanol–water partition coefficient (Wildman–Crippen LogP) is 3.42. The quantitative estimate of drug-likeness (QED) is 0.937. The van der Waals surface area contributed by atoms with Crippen LogP contribution < -0.4 is 0 Å². The van der Waals surface area contributed by atoms with Crippen molar-refractivity contribution < 1.29 is 0 Å². The Hall–Kier alpha value is -1.32. The van der Waals surface area contributed by atoms with Crippen LogP contribution in [0.1, 0.15) is 37.7 Å². The molecule has 1 N–H and O–H groups in total. The van der Waals surface area contributed by atoms with Crippen LogP contribution in [-0.4, -0.2) is 47.0 Å². The van der Waals surface area contributed by atoms with Gasteiger partial charge in [0.15, 0.2) is 0 Å². The molecule has 2 fully saturated rings. The summed E-state index contributed by atoms with van der Waals surface area (Å²) in [6.07, 6.45) is 8.85. The lowest BCUT2D eigenvalue weighted by atomic mass is 9.99. The lowest BCUT2D eigenvalue weighted by Crippen LogP contribution is -2.46. The van der Waals surface area contributed by atoms with E-state index in [0.29, 0.717) is 0 Å². The first-order valence-corrected chi connectivity index (χ1v) is 8.82. The van der Waals surface area contributed by atoms with E-state index in [1.165, 1.54) is 74.7 Å². The maximum atomic E-state index is 3.27. The van der Waals surface area contributed by atoms with Gasteiger partial charge in [0.1, 0.15) is 0 Å². The molecule has 0 unspecified atom stereocenters. The second kappa shape index (κ2) is 6.43. The molecule has 0 saturated carbocycles. The molecule has 2 aromatic rings. The van der Waals surface area contributed by atoms with Gasteiger partial charge in [-0.3, -0.25) is 4.90 Å². The maximum absolute atomic E-state index is 3.27. The van der Waals surface area contributed by atoms with Crippen molar-refractivity contribution >= 4 is 10.9 Å². The third-order valence-corrected chi connectivity index (χ3v) is 5.41. The molecule has 0 aliphatic carbocycles. The third-order valence-electron chi connectivity index (χ3n) is 5.41. The molecule has 2 aliphatic heterocycles. The highest BCUT2D eigenvalue weighted by Gasteiger charge is 2.25. The molecule has 2 aliphatic rings. The Morgan fingerprint density at radius 2 is 1.86 bits per heavy atom. The van der Waals surface area contributed by atoms with E-state index < -0.39 is 0 Å². The molecular weight excluding hydrogens is 270 g/mol. The molecule has 0 amide bonds. The zero-order valence-electron chi connectivity index (χ0n) is 13.4. The van der Waals surface area contributed by atoms with E-state index in [1.54, 1.807) is 0 Å². The van der Waals surface area contributed by atoms with Crippen LogP contribution in [0.3, 0.4) is 0 Å². The van der Waals surface area contributed by atoms with Crippen LogP contribution >= 0.6 is 0 Å². The SMILES string of the molecule is [c]1c[nH]c2cc(CN3CCC(N4CCCCC4)CC3)ccc12. The third kappa shape index (κ3) is 3.06. The number of hydrogen-bond donors (Lipinski definition) is 1. The normalized spacial score (nSPS) is 22.4. The van der Waals surface area contributed by atoms with E-state index in [-0.39, 0.29) is 0 Å². The van der Waals surface area contributed by atoms with Crippen LogP contribution in [0.4, 0.5) is 0 Å². The van der Waals surface area contributed by atoms with E-state index in [0.717, 1.165) is 12.6 Å². The van der Waals surface area contributed by atoms with Gasteiger partial charge in [-0.1, -0.05) is 18.6 Å². The smallest absolute Gasteiger partial charge is 0.0463 e. The molecule has 4 rings (SSSR count). The van der Waals surface area contributed by atoms with E-state index in [1.807, 2.05) is 6.20 Å². The standard InChI is InChI=1S/C19H26N3/c1-2-10-22(11-3-1)18-7-12-21(13-8-18)15-16-4-5-17-6-9-20-19(17)14-16/h4-5,9,14,18,20H,1-3,7-8,10-13,15H2. The number of aromatic amines is 1. The fourth-order valence-electron chi connectivity index (χ4n) is 4.11. The molecule has 3 heterocycles. The van der Waals surface area contributed by atoms with E-state index in [2.05, 4.69) is 39.0 Å². The summed E-state index contributed by atoms with van der Waals surface area (Å²) >= 11 is 0. The Labute approximate surface area is 133 Å². The first-order valence-electron chi connectivity index (χ1n) is 8.82. The van der Waals surface area contributed by atoms with Gasteiger partial charge in [0, 0.05) is 35.8 Å². The fraction of sp³-hybridized carbons (Fsp3) is 0.579. The Morgan fingerprint density at radius 3 is 2.68 bits per heavy atom. The van der Waals surface area contributed by atoms with Gasteiger partial charge in [-0.15, -0.1) is 0 Å². The summed E-state index contributed by atoms with van der Waals surface area (Å²) in [7, 11) is 0. The van der Waals surface area contributed by atoms with Gasteiger partial charge < -0.3 is 9.88 Å². The molecular formula is C19H26N3. The summed E-state index contributed by atoms with van der Waals surface area (Å²) in [5.41, 5.74) is 2.63. The van der Waals surface area contributed by atoms with Gasteiger partial charge in [-0.05, 0) is 63.5 Å². The summed E-state index contributed by atoms with van der Waals surface area (Å²) < 4.78 is 0. The number of hydrogen-bond acceptors (Lipinski definition) is 2. The number of fused-ring (bicyclic) bond motifs is 1. The molecule has 1 aromatic carbocycles. The molecule has 0 bridgehead atoms. The largest absolute Gasteiger partial charge is 0.361 e. The minimum absolute atomic E-state index is 0.844. The molecule has 117 valence electrons. The van der Waals surface area contributed by atoms with Gasteiger partial charge in [0.05, 0.1) is 0 Å². The predicted molar refractivity (Wildman–Crippen MR) is 90.9 cm³/mol. The van der Waals surface area contributed by atoms with E-state index in [9.17, 15) is 0 Å².